The molecule has 17 heavy (non-hydrogen) atoms. The zero-order chi connectivity index (χ0) is 12.0. The molecule has 1 aliphatic carbocycles. The van der Waals surface area contributed by atoms with Crippen LogP contribution in [0.15, 0.2) is 12.3 Å². The van der Waals surface area contributed by atoms with Gasteiger partial charge in [-0.2, -0.15) is 0 Å². The van der Waals surface area contributed by atoms with Gasteiger partial charge in [0.2, 0.25) is 5.95 Å². The van der Waals surface area contributed by atoms with E-state index in [4.69, 9.17) is 5.73 Å². The van der Waals surface area contributed by atoms with E-state index in [-0.39, 0.29) is 0 Å². The maximum Gasteiger partial charge on any atom is 0.202 e. The first kappa shape index (κ1) is 10.6. The number of rotatable bonds is 1. The Morgan fingerprint density at radius 3 is 2.94 bits per heavy atom. The minimum Gasteiger partial charge on any atom is -0.369 e. The molecule has 0 bridgehead atoms. The first-order valence-corrected chi connectivity index (χ1v) is 6.25. The summed E-state index contributed by atoms with van der Waals surface area (Å²) in [5.41, 5.74) is 9.02. The first-order chi connectivity index (χ1) is 8.15. The number of nitrogens with two attached hydrogens (primary N) is 1. The van der Waals surface area contributed by atoms with Gasteiger partial charge < -0.3 is 5.73 Å². The minimum atomic E-state index is 0.477. The number of aryl methyl sites for hydroxylation is 1. The van der Waals surface area contributed by atoms with Crippen LogP contribution in [0.2, 0.25) is 0 Å². The van der Waals surface area contributed by atoms with Crippen molar-refractivity contribution < 1.29 is 0 Å². The van der Waals surface area contributed by atoms with E-state index < -0.39 is 0 Å². The predicted molar refractivity (Wildman–Crippen MR) is 68.7 cm³/mol. The van der Waals surface area contributed by atoms with Gasteiger partial charge in [0.25, 0.3) is 0 Å². The van der Waals surface area contributed by atoms with Crippen LogP contribution in [0.4, 0.5) is 5.95 Å². The summed E-state index contributed by atoms with van der Waals surface area (Å²) in [5, 5.41) is 0. The van der Waals surface area contributed by atoms with Crippen molar-refractivity contribution in [3.05, 3.63) is 17.8 Å². The zero-order valence-electron chi connectivity index (χ0n) is 10.3. The summed E-state index contributed by atoms with van der Waals surface area (Å²) in [5.74, 6) is 1.39. The molecule has 3 rings (SSSR count). The Balaban J connectivity index is 2.12. The number of fused-ring (bicyclic) bond motifs is 1. The fourth-order valence-corrected chi connectivity index (χ4v) is 2.87. The van der Waals surface area contributed by atoms with Crippen LogP contribution >= 0.6 is 0 Å². The maximum absolute atomic E-state index is 6.04. The van der Waals surface area contributed by atoms with Crippen molar-refractivity contribution >= 4 is 17.1 Å². The summed E-state index contributed by atoms with van der Waals surface area (Å²) in [6.07, 6.45) is 5.53. The van der Waals surface area contributed by atoms with Crippen LogP contribution in [0.3, 0.4) is 0 Å². The standard InChI is InChI=1S/C13H18N4/c1-8-3-4-10(5-8)17-12-11(16-13(17)14)6-9(2)7-15-12/h6-8,10H,3-5H2,1-2H3,(H2,14,16). The second-order valence-electron chi connectivity index (χ2n) is 5.27. The lowest BCUT2D eigenvalue weighted by Gasteiger charge is -2.13. The second kappa shape index (κ2) is 3.72. The van der Waals surface area contributed by atoms with E-state index in [0.29, 0.717) is 12.0 Å². The molecule has 1 aliphatic rings. The van der Waals surface area contributed by atoms with Crippen LogP contribution in [0.5, 0.6) is 0 Å². The van der Waals surface area contributed by atoms with Gasteiger partial charge in [0.15, 0.2) is 5.65 Å². The Morgan fingerprint density at radius 2 is 2.24 bits per heavy atom. The number of aromatic nitrogens is 3. The molecule has 0 spiro atoms. The highest BCUT2D eigenvalue weighted by Crippen LogP contribution is 2.37. The zero-order valence-corrected chi connectivity index (χ0v) is 10.3. The van der Waals surface area contributed by atoms with Gasteiger partial charge in [-0.3, -0.25) is 4.57 Å². The highest BCUT2D eigenvalue weighted by molar-refractivity contribution is 5.74. The quantitative estimate of drug-likeness (QED) is 0.819. The molecule has 90 valence electrons. The lowest BCUT2D eigenvalue weighted by atomic mass is 10.1. The molecule has 2 aromatic rings. The van der Waals surface area contributed by atoms with Gasteiger partial charge in [0, 0.05) is 12.2 Å². The molecule has 4 nitrogen and oxygen atoms in total. The van der Waals surface area contributed by atoms with E-state index >= 15 is 0 Å². The van der Waals surface area contributed by atoms with Gasteiger partial charge >= 0.3 is 0 Å². The van der Waals surface area contributed by atoms with E-state index in [2.05, 4.69) is 21.5 Å². The Kier molecular flexibility index (Phi) is 2.31. The monoisotopic (exact) mass is 230 g/mol. The van der Waals surface area contributed by atoms with E-state index in [0.717, 1.165) is 22.6 Å². The predicted octanol–water partition coefficient (Wildman–Crippen LogP) is 2.68. The van der Waals surface area contributed by atoms with Crippen LogP contribution in [-0.4, -0.2) is 14.5 Å². The molecule has 0 aliphatic heterocycles. The number of imidazole rings is 1. The molecule has 1 saturated carbocycles. The van der Waals surface area contributed by atoms with Crippen molar-refractivity contribution in [2.75, 3.05) is 5.73 Å². The molecule has 2 aromatic heterocycles. The summed E-state index contributed by atoms with van der Waals surface area (Å²) in [7, 11) is 0. The summed E-state index contributed by atoms with van der Waals surface area (Å²) in [6, 6.07) is 2.53. The molecule has 1 fully saturated rings. The highest BCUT2D eigenvalue weighted by Gasteiger charge is 2.26. The Bertz CT molecular complexity index is 558. The van der Waals surface area contributed by atoms with Gasteiger partial charge in [0.1, 0.15) is 5.52 Å². The number of hydrogen-bond donors (Lipinski definition) is 1. The number of hydrogen-bond acceptors (Lipinski definition) is 3. The molecule has 2 unspecified atom stereocenters. The third-order valence-electron chi connectivity index (χ3n) is 3.73. The Morgan fingerprint density at radius 1 is 1.41 bits per heavy atom. The maximum atomic E-state index is 6.04. The molecule has 0 aromatic carbocycles. The van der Waals surface area contributed by atoms with E-state index in [1.165, 1.54) is 19.3 Å². The fraction of sp³-hybridized carbons (Fsp3) is 0.538. The number of anilines is 1. The smallest absolute Gasteiger partial charge is 0.202 e. The minimum absolute atomic E-state index is 0.477. The molecular formula is C13H18N4. The number of nitrogen functional groups attached to an aromatic ring is 1. The topological polar surface area (TPSA) is 56.7 Å². The van der Waals surface area contributed by atoms with Crippen molar-refractivity contribution in [1.29, 1.82) is 0 Å². The van der Waals surface area contributed by atoms with Crippen molar-refractivity contribution in [3.8, 4) is 0 Å². The van der Waals surface area contributed by atoms with E-state index in [1.54, 1.807) is 0 Å². The lowest BCUT2D eigenvalue weighted by Crippen LogP contribution is -2.09. The van der Waals surface area contributed by atoms with Crippen molar-refractivity contribution in [3.63, 3.8) is 0 Å². The number of nitrogens with zero attached hydrogens (tertiary/aromatic N) is 3. The third kappa shape index (κ3) is 1.68. The van der Waals surface area contributed by atoms with Crippen LogP contribution in [0.25, 0.3) is 11.2 Å². The van der Waals surface area contributed by atoms with Crippen LogP contribution in [-0.2, 0) is 0 Å². The molecule has 0 radical (unpaired) electrons. The van der Waals surface area contributed by atoms with Crippen LogP contribution < -0.4 is 5.73 Å². The molecule has 0 saturated heterocycles. The van der Waals surface area contributed by atoms with Gasteiger partial charge in [-0.25, -0.2) is 9.97 Å². The molecule has 4 heteroatoms. The van der Waals surface area contributed by atoms with Crippen molar-refractivity contribution in [2.45, 2.75) is 39.2 Å². The Hall–Kier alpha value is -1.58. The van der Waals surface area contributed by atoms with Gasteiger partial charge in [0.05, 0.1) is 0 Å². The molecule has 2 atom stereocenters. The molecule has 2 N–H and O–H groups in total. The number of pyridine rings is 1. The normalized spacial score (nSPS) is 24.6. The van der Waals surface area contributed by atoms with Crippen LogP contribution in [0, 0.1) is 12.8 Å². The van der Waals surface area contributed by atoms with Crippen LogP contribution in [0.1, 0.15) is 37.8 Å². The van der Waals surface area contributed by atoms with Crippen molar-refractivity contribution in [1.82, 2.24) is 14.5 Å². The second-order valence-corrected chi connectivity index (χ2v) is 5.27. The average Bonchev–Trinajstić information content (AvgIpc) is 2.80. The van der Waals surface area contributed by atoms with E-state index in [9.17, 15) is 0 Å². The fourth-order valence-electron chi connectivity index (χ4n) is 2.87. The highest BCUT2D eigenvalue weighted by atomic mass is 15.2. The summed E-state index contributed by atoms with van der Waals surface area (Å²) in [4.78, 5) is 8.91. The summed E-state index contributed by atoms with van der Waals surface area (Å²) < 4.78 is 2.12. The largest absolute Gasteiger partial charge is 0.369 e. The van der Waals surface area contributed by atoms with Gasteiger partial charge in [-0.1, -0.05) is 6.92 Å². The summed E-state index contributed by atoms with van der Waals surface area (Å²) in [6.45, 7) is 4.33. The SMILES string of the molecule is Cc1cnc2c(c1)nc(N)n2C1CCC(C)C1. The molecule has 2 heterocycles. The van der Waals surface area contributed by atoms with Gasteiger partial charge in [-0.15, -0.1) is 0 Å². The Labute approximate surface area is 101 Å². The van der Waals surface area contributed by atoms with Gasteiger partial charge in [-0.05, 0) is 43.7 Å². The van der Waals surface area contributed by atoms with E-state index in [1.807, 2.05) is 19.2 Å². The lowest BCUT2D eigenvalue weighted by molar-refractivity contribution is 0.508. The summed E-state index contributed by atoms with van der Waals surface area (Å²) >= 11 is 0. The average molecular weight is 230 g/mol. The molecular weight excluding hydrogens is 212 g/mol. The third-order valence-corrected chi connectivity index (χ3v) is 3.73. The first-order valence-electron chi connectivity index (χ1n) is 6.25. The molecule has 0 amide bonds. The van der Waals surface area contributed by atoms with Crippen molar-refractivity contribution in [2.24, 2.45) is 5.92 Å².